The Labute approximate surface area is 87.6 Å². The van der Waals surface area contributed by atoms with Crippen LogP contribution in [0.3, 0.4) is 0 Å². The Morgan fingerprint density at radius 2 is 2.33 bits per heavy atom. The fraction of sp³-hybridized carbons (Fsp3) is 0.364. The molecule has 80 valence electrons. The quantitative estimate of drug-likeness (QED) is 0.660. The number of carboxylic acid groups (broad SMARTS) is 1. The first-order valence-electron chi connectivity index (χ1n) is 4.96. The van der Waals surface area contributed by atoms with E-state index in [-0.39, 0.29) is 18.1 Å². The zero-order valence-electron chi connectivity index (χ0n) is 8.23. The lowest BCUT2D eigenvalue weighted by Gasteiger charge is -2.07. The van der Waals surface area contributed by atoms with Gasteiger partial charge in [-0.2, -0.15) is 0 Å². The van der Waals surface area contributed by atoms with E-state index in [0.29, 0.717) is 13.0 Å². The number of nitrogens with one attached hydrogen (secondary N) is 1. The van der Waals surface area contributed by atoms with Gasteiger partial charge >= 0.3 is 5.97 Å². The topological polar surface area (TPSA) is 69.6 Å². The number of benzene rings is 1. The molecule has 0 fully saturated rings. The van der Waals surface area contributed by atoms with Crippen molar-refractivity contribution < 1.29 is 15.0 Å². The molecule has 1 aliphatic rings. The molecule has 0 bridgehead atoms. The van der Waals surface area contributed by atoms with Crippen molar-refractivity contribution >= 4 is 11.7 Å². The van der Waals surface area contributed by atoms with Gasteiger partial charge in [-0.25, -0.2) is 0 Å². The van der Waals surface area contributed by atoms with E-state index in [9.17, 15) is 9.90 Å². The van der Waals surface area contributed by atoms with Gasteiger partial charge in [-0.1, -0.05) is 12.1 Å². The highest BCUT2D eigenvalue weighted by atomic mass is 16.4. The summed E-state index contributed by atoms with van der Waals surface area (Å²) in [5.74, 6) is -0.336. The van der Waals surface area contributed by atoms with Crippen molar-refractivity contribution in [2.75, 3.05) is 11.9 Å². The minimum absolute atomic E-state index is 0.168. The number of rotatable bonds is 3. The van der Waals surface area contributed by atoms with E-state index in [1.54, 1.807) is 12.1 Å². The molecule has 0 aromatic heterocycles. The second-order valence-electron chi connectivity index (χ2n) is 3.75. The number of aromatic hydroxyl groups is 1. The second-order valence-corrected chi connectivity index (χ2v) is 3.75. The van der Waals surface area contributed by atoms with Crippen LogP contribution < -0.4 is 5.32 Å². The number of hydrogen-bond acceptors (Lipinski definition) is 3. The van der Waals surface area contributed by atoms with Gasteiger partial charge < -0.3 is 15.5 Å². The summed E-state index contributed by atoms with van der Waals surface area (Å²) < 4.78 is 0. The maximum atomic E-state index is 10.5. The maximum Gasteiger partial charge on any atom is 0.303 e. The summed E-state index contributed by atoms with van der Waals surface area (Å²) >= 11 is 0. The number of para-hydroxylation sites is 1. The van der Waals surface area contributed by atoms with E-state index in [0.717, 1.165) is 11.3 Å². The summed E-state index contributed by atoms with van der Waals surface area (Å²) in [5.41, 5.74) is 1.78. The molecule has 1 unspecified atom stereocenters. The minimum atomic E-state index is -0.774. The van der Waals surface area contributed by atoms with Crippen molar-refractivity contribution in [1.29, 1.82) is 0 Å². The molecule has 1 heterocycles. The predicted octanol–water partition coefficient (Wildman–Crippen LogP) is 1.77. The molecule has 4 heteroatoms. The molecule has 1 aromatic carbocycles. The number of phenolic OH excluding ortho intramolecular Hbond substituents is 1. The van der Waals surface area contributed by atoms with Crippen LogP contribution in [0.15, 0.2) is 18.2 Å². The molecule has 4 nitrogen and oxygen atoms in total. The highest BCUT2D eigenvalue weighted by Gasteiger charge is 2.24. The first-order valence-corrected chi connectivity index (χ1v) is 4.96. The molecule has 0 aliphatic carbocycles. The van der Waals surface area contributed by atoms with Crippen molar-refractivity contribution in [2.24, 2.45) is 0 Å². The van der Waals surface area contributed by atoms with Crippen LogP contribution in [0.5, 0.6) is 5.75 Å². The van der Waals surface area contributed by atoms with Crippen LogP contribution in [0.4, 0.5) is 5.69 Å². The Morgan fingerprint density at radius 1 is 1.53 bits per heavy atom. The smallest absolute Gasteiger partial charge is 0.303 e. The monoisotopic (exact) mass is 207 g/mol. The Morgan fingerprint density at radius 3 is 3.07 bits per heavy atom. The van der Waals surface area contributed by atoms with E-state index in [1.165, 1.54) is 0 Å². The van der Waals surface area contributed by atoms with Gasteiger partial charge in [0.05, 0.1) is 5.69 Å². The number of phenols is 1. The highest BCUT2D eigenvalue weighted by molar-refractivity contribution is 5.68. The number of fused-ring (bicyclic) bond motifs is 1. The molecule has 2 rings (SSSR count). The average Bonchev–Trinajstić information content (AvgIpc) is 2.59. The summed E-state index contributed by atoms with van der Waals surface area (Å²) in [6, 6.07) is 5.35. The average molecular weight is 207 g/mol. The van der Waals surface area contributed by atoms with E-state index in [4.69, 9.17) is 5.11 Å². The molecule has 0 amide bonds. The van der Waals surface area contributed by atoms with Crippen LogP contribution in [-0.4, -0.2) is 22.7 Å². The maximum absolute atomic E-state index is 10.5. The first-order chi connectivity index (χ1) is 7.18. The summed E-state index contributed by atoms with van der Waals surface area (Å²) in [5, 5.41) is 21.3. The van der Waals surface area contributed by atoms with Gasteiger partial charge in [0.25, 0.3) is 0 Å². The lowest BCUT2D eigenvalue weighted by Crippen LogP contribution is -2.05. The van der Waals surface area contributed by atoms with Gasteiger partial charge in [0.1, 0.15) is 5.75 Å². The standard InChI is InChI=1S/C11H13NO3/c13-9-3-1-2-8-7(4-5-10(14)15)6-12-11(8)9/h1-3,7,12-13H,4-6H2,(H,14,15). The van der Waals surface area contributed by atoms with Gasteiger partial charge in [-0.05, 0) is 18.1 Å². The fourth-order valence-electron chi connectivity index (χ4n) is 1.98. The van der Waals surface area contributed by atoms with Gasteiger partial charge in [0, 0.05) is 18.9 Å². The molecular formula is C11H13NO3. The Balaban J connectivity index is 2.14. The zero-order valence-corrected chi connectivity index (χ0v) is 8.23. The van der Waals surface area contributed by atoms with Gasteiger partial charge in [0.2, 0.25) is 0 Å². The lowest BCUT2D eigenvalue weighted by atomic mass is 9.96. The van der Waals surface area contributed by atoms with Crippen LogP contribution in [0.1, 0.15) is 24.3 Å². The number of carbonyl (C=O) groups is 1. The number of aliphatic carboxylic acids is 1. The Bertz CT molecular complexity index is 389. The second kappa shape index (κ2) is 3.81. The summed E-state index contributed by atoms with van der Waals surface area (Å²) in [6.45, 7) is 0.709. The van der Waals surface area contributed by atoms with Crippen LogP contribution in [0.25, 0.3) is 0 Å². The third-order valence-electron chi connectivity index (χ3n) is 2.75. The summed E-state index contributed by atoms with van der Waals surface area (Å²) in [7, 11) is 0. The SMILES string of the molecule is O=C(O)CCC1CNc2c(O)cccc21. The Kier molecular flexibility index (Phi) is 2.49. The molecule has 0 radical (unpaired) electrons. The van der Waals surface area contributed by atoms with Crippen LogP contribution in [0, 0.1) is 0 Å². The van der Waals surface area contributed by atoms with E-state index in [1.807, 2.05) is 6.07 Å². The Hall–Kier alpha value is -1.71. The van der Waals surface area contributed by atoms with Crippen molar-refractivity contribution in [3.63, 3.8) is 0 Å². The highest BCUT2D eigenvalue weighted by Crippen LogP contribution is 2.39. The first kappa shape index (κ1) is 9.83. The molecule has 3 N–H and O–H groups in total. The third-order valence-corrected chi connectivity index (χ3v) is 2.75. The van der Waals surface area contributed by atoms with Gasteiger partial charge in [-0.3, -0.25) is 4.79 Å². The number of carboxylic acids is 1. The van der Waals surface area contributed by atoms with E-state index < -0.39 is 5.97 Å². The van der Waals surface area contributed by atoms with Gasteiger partial charge in [0.15, 0.2) is 0 Å². The fourth-order valence-corrected chi connectivity index (χ4v) is 1.98. The summed E-state index contributed by atoms with van der Waals surface area (Å²) in [4.78, 5) is 10.5. The van der Waals surface area contributed by atoms with Crippen molar-refractivity contribution in [3.8, 4) is 5.75 Å². The van der Waals surface area contributed by atoms with Gasteiger partial charge in [-0.15, -0.1) is 0 Å². The molecule has 0 spiro atoms. The van der Waals surface area contributed by atoms with E-state index in [2.05, 4.69) is 5.32 Å². The van der Waals surface area contributed by atoms with Crippen molar-refractivity contribution in [1.82, 2.24) is 0 Å². The molecule has 1 atom stereocenters. The summed E-state index contributed by atoms with van der Waals surface area (Å²) in [6.07, 6.45) is 0.778. The molecule has 0 saturated heterocycles. The van der Waals surface area contributed by atoms with Crippen LogP contribution in [-0.2, 0) is 4.79 Å². The largest absolute Gasteiger partial charge is 0.506 e. The van der Waals surface area contributed by atoms with Crippen molar-refractivity contribution in [2.45, 2.75) is 18.8 Å². The number of anilines is 1. The normalized spacial score (nSPS) is 18.3. The zero-order chi connectivity index (χ0) is 10.8. The number of hydrogen-bond donors (Lipinski definition) is 3. The predicted molar refractivity (Wildman–Crippen MR) is 56.2 cm³/mol. The third kappa shape index (κ3) is 1.88. The lowest BCUT2D eigenvalue weighted by molar-refractivity contribution is -0.137. The molecule has 15 heavy (non-hydrogen) atoms. The van der Waals surface area contributed by atoms with Crippen LogP contribution in [0.2, 0.25) is 0 Å². The van der Waals surface area contributed by atoms with Crippen molar-refractivity contribution in [3.05, 3.63) is 23.8 Å². The molecular weight excluding hydrogens is 194 g/mol. The van der Waals surface area contributed by atoms with Crippen LogP contribution >= 0.6 is 0 Å². The molecule has 1 aliphatic heterocycles. The molecule has 1 aromatic rings. The minimum Gasteiger partial charge on any atom is -0.506 e. The molecule has 0 saturated carbocycles. The van der Waals surface area contributed by atoms with E-state index >= 15 is 0 Å².